The van der Waals surface area contributed by atoms with Gasteiger partial charge in [-0.25, -0.2) is 0 Å². The van der Waals surface area contributed by atoms with Crippen molar-refractivity contribution in [3.63, 3.8) is 0 Å². The number of nitrogens with one attached hydrogen (secondary N) is 4. The zero-order valence-electron chi connectivity index (χ0n) is 34.1. The molecule has 9 nitrogen and oxygen atoms in total. The fourth-order valence-electron chi connectivity index (χ4n) is 11.7. The van der Waals surface area contributed by atoms with E-state index in [1.165, 1.54) is 0 Å². The first-order valence-electron chi connectivity index (χ1n) is 19.1. The van der Waals surface area contributed by atoms with E-state index in [1.807, 2.05) is 0 Å². The molecule has 0 unspecified atom stereocenters. The molecule has 4 aliphatic rings. The summed E-state index contributed by atoms with van der Waals surface area (Å²) in [5, 5.41) is 15.5. The monoisotopic (exact) mass is 686 g/mol. The van der Waals surface area contributed by atoms with E-state index in [9.17, 15) is 0 Å². The van der Waals surface area contributed by atoms with Crippen molar-refractivity contribution < 1.29 is 4.39 Å². The maximum atomic E-state index is 16.3. The minimum atomic E-state index is -0.685. The Morgan fingerprint density at radius 1 is 0.388 bits per heavy atom. The SMILES string of the molecule is CC1(C)CC(N(c2nc(F)nc(N(C3CC(C)(C)NC(C)(C)C3)C3CC(C)(C)NC(C)(C)C3)n2)C2CC(C)(C)NC(C)(C)C2)CC(C)(C)N1. The number of aromatic nitrogens is 3. The van der Waals surface area contributed by atoms with Crippen molar-refractivity contribution in [3.05, 3.63) is 6.08 Å². The van der Waals surface area contributed by atoms with E-state index < -0.39 is 6.08 Å². The van der Waals surface area contributed by atoms with Crippen LogP contribution in [0.2, 0.25) is 0 Å². The van der Waals surface area contributed by atoms with Gasteiger partial charge in [0.05, 0.1) is 0 Å². The van der Waals surface area contributed by atoms with Crippen molar-refractivity contribution in [3.8, 4) is 0 Å². The molecule has 0 amide bonds. The van der Waals surface area contributed by atoms with Crippen LogP contribution < -0.4 is 31.1 Å². The molecule has 5 heterocycles. The van der Waals surface area contributed by atoms with E-state index >= 15 is 4.39 Å². The lowest BCUT2D eigenvalue weighted by Crippen LogP contribution is -2.68. The minimum absolute atomic E-state index is 0.0957. The average Bonchev–Trinajstić information content (AvgIpc) is 2.76. The molecule has 0 atom stereocenters. The minimum Gasteiger partial charge on any atom is -0.334 e. The number of hydrogen-bond acceptors (Lipinski definition) is 9. The van der Waals surface area contributed by atoms with Crippen LogP contribution in [-0.4, -0.2) is 83.4 Å². The third-order valence-electron chi connectivity index (χ3n) is 11.3. The molecule has 49 heavy (non-hydrogen) atoms. The molecule has 10 heteroatoms. The zero-order chi connectivity index (χ0) is 36.8. The van der Waals surface area contributed by atoms with Crippen LogP contribution in [0, 0.1) is 6.08 Å². The van der Waals surface area contributed by atoms with Crippen LogP contribution in [-0.2, 0) is 0 Å². The molecule has 0 aromatic carbocycles. The highest BCUT2D eigenvalue weighted by Gasteiger charge is 2.49. The Kier molecular flexibility index (Phi) is 9.63. The molecule has 1 aromatic rings. The number of piperidine rings is 4. The molecule has 4 saturated heterocycles. The van der Waals surface area contributed by atoms with Crippen LogP contribution >= 0.6 is 0 Å². The molecule has 280 valence electrons. The van der Waals surface area contributed by atoms with Crippen molar-refractivity contribution in [1.29, 1.82) is 0 Å². The van der Waals surface area contributed by atoms with Gasteiger partial charge in [-0.05, 0) is 162 Å². The Morgan fingerprint density at radius 3 is 0.755 bits per heavy atom. The van der Waals surface area contributed by atoms with Gasteiger partial charge in [0.2, 0.25) is 11.9 Å². The van der Waals surface area contributed by atoms with Crippen molar-refractivity contribution in [2.24, 2.45) is 0 Å². The molecule has 4 aliphatic heterocycles. The van der Waals surface area contributed by atoms with Gasteiger partial charge >= 0.3 is 6.08 Å². The van der Waals surface area contributed by atoms with Crippen LogP contribution in [0.4, 0.5) is 16.3 Å². The summed E-state index contributed by atoms with van der Waals surface area (Å²) in [6.45, 7) is 36.6. The molecule has 0 aliphatic carbocycles. The fraction of sp³-hybridized carbons (Fsp3) is 0.923. The van der Waals surface area contributed by atoms with E-state index in [4.69, 9.17) is 4.98 Å². The van der Waals surface area contributed by atoms with Crippen LogP contribution in [0.1, 0.15) is 162 Å². The lowest BCUT2D eigenvalue weighted by Gasteiger charge is -2.56. The highest BCUT2D eigenvalue weighted by molar-refractivity contribution is 5.44. The average molecular weight is 686 g/mol. The third kappa shape index (κ3) is 9.44. The number of hydrogen-bond donors (Lipinski definition) is 4. The Morgan fingerprint density at radius 2 is 0.571 bits per heavy atom. The smallest absolute Gasteiger partial charge is 0.315 e. The van der Waals surface area contributed by atoms with Gasteiger partial charge in [0, 0.05) is 68.5 Å². The Hall–Kier alpha value is -1.62. The first-order valence-corrected chi connectivity index (χ1v) is 19.1. The molecule has 0 saturated carbocycles. The standard InChI is InChI=1S/C39H72FN9/c1-32(2)17-25(18-33(3,4)44-32)48(26-19-34(5,6)45-35(7,8)20-26)30-41-29(40)42-31(43-30)49(27-21-36(9,10)46-37(11,12)22-27)28-23-38(13,14)47-39(15,16)24-28/h25-28,44-47H,17-24H2,1-16H3. The molecular weight excluding hydrogens is 613 g/mol. The maximum Gasteiger partial charge on any atom is 0.315 e. The van der Waals surface area contributed by atoms with Gasteiger partial charge in [-0.2, -0.15) is 19.3 Å². The van der Waals surface area contributed by atoms with Crippen LogP contribution in [0.3, 0.4) is 0 Å². The zero-order valence-corrected chi connectivity index (χ0v) is 34.1. The quantitative estimate of drug-likeness (QED) is 0.256. The Balaban J connectivity index is 1.68. The maximum absolute atomic E-state index is 16.3. The molecule has 4 fully saturated rings. The van der Waals surface area contributed by atoms with Gasteiger partial charge in [0.1, 0.15) is 0 Å². The summed E-state index contributed by atoms with van der Waals surface area (Å²) in [6, 6.07) is 0.546. The van der Waals surface area contributed by atoms with Crippen molar-refractivity contribution >= 4 is 11.9 Å². The van der Waals surface area contributed by atoms with E-state index in [2.05, 4.69) is 152 Å². The number of nitrogens with zero attached hydrogens (tertiary/aromatic N) is 5. The van der Waals surface area contributed by atoms with Gasteiger partial charge < -0.3 is 31.1 Å². The summed E-state index contributed by atoms with van der Waals surface area (Å²) in [4.78, 5) is 19.5. The van der Waals surface area contributed by atoms with E-state index in [0.717, 1.165) is 51.4 Å². The second-order valence-corrected chi connectivity index (χ2v) is 21.8. The van der Waals surface area contributed by atoms with Crippen LogP contribution in [0.25, 0.3) is 0 Å². The highest BCUT2D eigenvalue weighted by atomic mass is 19.1. The largest absolute Gasteiger partial charge is 0.334 e. The fourth-order valence-corrected chi connectivity index (χ4v) is 11.7. The number of halogens is 1. The second kappa shape index (κ2) is 12.2. The normalized spacial score (nSPS) is 29.3. The predicted molar refractivity (Wildman–Crippen MR) is 202 cm³/mol. The van der Waals surface area contributed by atoms with Crippen molar-refractivity contribution in [1.82, 2.24) is 36.2 Å². The first-order chi connectivity index (χ1) is 21.9. The predicted octanol–water partition coefficient (Wildman–Crippen LogP) is 6.86. The third-order valence-corrected chi connectivity index (χ3v) is 11.3. The summed E-state index contributed by atoms with van der Waals surface area (Å²) in [5.41, 5.74) is -0.765. The summed E-state index contributed by atoms with van der Waals surface area (Å²) >= 11 is 0. The van der Waals surface area contributed by atoms with Gasteiger partial charge in [-0.15, -0.1) is 0 Å². The number of anilines is 2. The van der Waals surface area contributed by atoms with Crippen molar-refractivity contribution in [2.45, 2.75) is 231 Å². The van der Waals surface area contributed by atoms with E-state index in [0.29, 0.717) is 11.9 Å². The molecule has 4 N–H and O–H groups in total. The van der Waals surface area contributed by atoms with Gasteiger partial charge in [-0.1, -0.05) is 0 Å². The lowest BCUT2D eigenvalue weighted by molar-refractivity contribution is 0.122. The molecule has 0 spiro atoms. The number of rotatable bonds is 6. The van der Waals surface area contributed by atoms with Crippen LogP contribution in [0.15, 0.2) is 0 Å². The summed E-state index contributed by atoms with van der Waals surface area (Å²) in [7, 11) is 0. The van der Waals surface area contributed by atoms with Gasteiger partial charge in [0.15, 0.2) is 0 Å². The topological polar surface area (TPSA) is 93.3 Å². The Bertz CT molecular complexity index is 1130. The second-order valence-electron chi connectivity index (χ2n) is 21.8. The van der Waals surface area contributed by atoms with E-state index in [1.54, 1.807) is 0 Å². The summed E-state index contributed by atoms with van der Waals surface area (Å²) in [6.07, 6.45) is 6.66. The van der Waals surface area contributed by atoms with Gasteiger partial charge in [-0.3, -0.25) is 0 Å². The lowest BCUT2D eigenvalue weighted by atomic mass is 9.75. The molecule has 0 bridgehead atoms. The molecular formula is C39H72FN9. The van der Waals surface area contributed by atoms with Crippen molar-refractivity contribution in [2.75, 3.05) is 9.80 Å². The summed E-state index contributed by atoms with van der Waals surface area (Å²) < 4.78 is 16.3. The van der Waals surface area contributed by atoms with Crippen LogP contribution in [0.5, 0.6) is 0 Å². The van der Waals surface area contributed by atoms with E-state index in [-0.39, 0.29) is 68.5 Å². The highest BCUT2D eigenvalue weighted by Crippen LogP contribution is 2.42. The Labute approximate surface area is 298 Å². The first kappa shape index (κ1) is 38.6. The molecule has 0 radical (unpaired) electrons. The summed E-state index contributed by atoms with van der Waals surface area (Å²) in [5.74, 6) is 0.980. The van der Waals surface area contributed by atoms with Gasteiger partial charge in [0.25, 0.3) is 0 Å². The molecule has 1 aromatic heterocycles. The molecule has 5 rings (SSSR count).